The largest absolute Gasteiger partial charge is 0.383 e. The van der Waals surface area contributed by atoms with Gasteiger partial charge in [0.05, 0.1) is 6.61 Å². The second-order valence-corrected chi connectivity index (χ2v) is 5.03. The summed E-state index contributed by atoms with van der Waals surface area (Å²) in [6.45, 7) is 3.38. The van der Waals surface area contributed by atoms with Crippen LogP contribution in [0.15, 0.2) is 29.3 Å². The molecular weight excluding hydrogens is 280 g/mol. The number of aliphatic imine (C=N–C) groups is 1. The van der Waals surface area contributed by atoms with Crippen molar-refractivity contribution in [1.29, 1.82) is 0 Å². The van der Waals surface area contributed by atoms with E-state index in [4.69, 9.17) is 4.74 Å². The van der Waals surface area contributed by atoms with E-state index in [0.29, 0.717) is 12.2 Å². The average molecular weight is 306 g/mol. The van der Waals surface area contributed by atoms with Crippen LogP contribution in [0.25, 0.3) is 0 Å². The van der Waals surface area contributed by atoms with Crippen molar-refractivity contribution in [2.45, 2.75) is 19.4 Å². The molecule has 1 atom stereocenters. The summed E-state index contributed by atoms with van der Waals surface area (Å²) in [5.41, 5.74) is 1.78. The Balaban J connectivity index is 2.47. The third-order valence-corrected chi connectivity index (χ3v) is 3.15. The van der Waals surface area contributed by atoms with Crippen LogP contribution in [0.5, 0.6) is 0 Å². The molecule has 1 aromatic rings. The Morgan fingerprint density at radius 2 is 2.18 bits per heavy atom. The fourth-order valence-corrected chi connectivity index (χ4v) is 2.06. The molecule has 1 amide bonds. The Hall–Kier alpha value is -2.08. The topological polar surface area (TPSA) is 74.8 Å². The molecule has 0 aliphatic heterocycles. The highest BCUT2D eigenvalue weighted by Crippen LogP contribution is 2.05. The molecule has 1 aromatic carbocycles. The van der Waals surface area contributed by atoms with E-state index >= 15 is 0 Å². The SMILES string of the molecule is CN=C(NCCc1cccc(C(=O)NC)c1)NC(C)COC. The van der Waals surface area contributed by atoms with Crippen molar-refractivity contribution < 1.29 is 9.53 Å². The van der Waals surface area contributed by atoms with Gasteiger partial charge in [-0.15, -0.1) is 0 Å². The van der Waals surface area contributed by atoms with Gasteiger partial charge in [-0.1, -0.05) is 12.1 Å². The molecule has 1 rings (SSSR count). The van der Waals surface area contributed by atoms with Gasteiger partial charge in [0.2, 0.25) is 0 Å². The quantitative estimate of drug-likeness (QED) is 0.514. The highest BCUT2D eigenvalue weighted by atomic mass is 16.5. The summed E-state index contributed by atoms with van der Waals surface area (Å²) < 4.78 is 5.09. The average Bonchev–Trinajstić information content (AvgIpc) is 2.53. The molecule has 0 aliphatic carbocycles. The molecule has 0 fully saturated rings. The first kappa shape index (κ1) is 18.0. The number of hydrogen-bond donors (Lipinski definition) is 3. The molecule has 0 saturated carbocycles. The predicted molar refractivity (Wildman–Crippen MR) is 89.4 cm³/mol. The normalized spacial score (nSPS) is 12.6. The van der Waals surface area contributed by atoms with E-state index in [1.54, 1.807) is 21.2 Å². The minimum absolute atomic E-state index is 0.0688. The number of guanidine groups is 1. The summed E-state index contributed by atoms with van der Waals surface area (Å²) >= 11 is 0. The van der Waals surface area contributed by atoms with Crippen LogP contribution >= 0.6 is 0 Å². The molecule has 0 bridgehead atoms. The lowest BCUT2D eigenvalue weighted by atomic mass is 10.1. The van der Waals surface area contributed by atoms with E-state index in [9.17, 15) is 4.79 Å². The first-order chi connectivity index (χ1) is 10.6. The van der Waals surface area contributed by atoms with Crippen LogP contribution in [0.4, 0.5) is 0 Å². The van der Waals surface area contributed by atoms with Crippen LogP contribution in [-0.4, -0.2) is 52.3 Å². The second kappa shape index (κ2) is 9.78. The lowest BCUT2D eigenvalue weighted by Crippen LogP contribution is -2.44. The number of ether oxygens (including phenoxy) is 1. The molecule has 3 N–H and O–H groups in total. The van der Waals surface area contributed by atoms with Gasteiger partial charge in [0.25, 0.3) is 5.91 Å². The van der Waals surface area contributed by atoms with Gasteiger partial charge in [-0.3, -0.25) is 9.79 Å². The maximum Gasteiger partial charge on any atom is 0.251 e. The molecule has 0 spiro atoms. The lowest BCUT2D eigenvalue weighted by Gasteiger charge is -2.17. The standard InChI is InChI=1S/C16H26N4O2/c1-12(11-22-4)20-16(18-3)19-9-8-13-6-5-7-14(10-13)15(21)17-2/h5-7,10,12H,8-9,11H2,1-4H3,(H,17,21)(H2,18,19,20). The number of carbonyl (C=O) groups is 1. The van der Waals surface area contributed by atoms with Gasteiger partial charge in [0.1, 0.15) is 0 Å². The number of nitrogens with one attached hydrogen (secondary N) is 3. The Labute approximate surface area is 132 Å². The summed E-state index contributed by atoms with van der Waals surface area (Å²) in [5.74, 6) is 0.674. The van der Waals surface area contributed by atoms with Crippen molar-refractivity contribution in [3.8, 4) is 0 Å². The zero-order valence-electron chi connectivity index (χ0n) is 13.8. The molecule has 0 aliphatic rings. The van der Waals surface area contributed by atoms with Gasteiger partial charge in [0, 0.05) is 39.4 Å². The molecular formula is C16H26N4O2. The van der Waals surface area contributed by atoms with Crippen LogP contribution < -0.4 is 16.0 Å². The molecule has 0 aromatic heterocycles. The summed E-state index contributed by atoms with van der Waals surface area (Å²) in [4.78, 5) is 15.8. The number of amides is 1. The number of nitrogens with zero attached hydrogens (tertiary/aromatic N) is 1. The summed E-state index contributed by atoms with van der Waals surface area (Å²) in [6.07, 6.45) is 0.810. The summed E-state index contributed by atoms with van der Waals surface area (Å²) in [5, 5.41) is 9.12. The van der Waals surface area contributed by atoms with Gasteiger partial charge >= 0.3 is 0 Å². The van der Waals surface area contributed by atoms with Crippen molar-refractivity contribution in [2.75, 3.05) is 34.4 Å². The van der Waals surface area contributed by atoms with E-state index in [0.717, 1.165) is 24.5 Å². The van der Waals surface area contributed by atoms with Crippen molar-refractivity contribution in [3.05, 3.63) is 35.4 Å². The number of methoxy groups -OCH3 is 1. The molecule has 6 heteroatoms. The highest BCUT2D eigenvalue weighted by Gasteiger charge is 2.06. The minimum atomic E-state index is -0.0688. The molecule has 0 radical (unpaired) electrons. The maximum atomic E-state index is 11.6. The van der Waals surface area contributed by atoms with Gasteiger partial charge in [-0.2, -0.15) is 0 Å². The van der Waals surface area contributed by atoms with E-state index in [2.05, 4.69) is 20.9 Å². The Morgan fingerprint density at radius 1 is 1.41 bits per heavy atom. The van der Waals surface area contributed by atoms with Crippen LogP contribution in [0, 0.1) is 0 Å². The van der Waals surface area contributed by atoms with Crippen LogP contribution in [-0.2, 0) is 11.2 Å². The van der Waals surface area contributed by atoms with Gasteiger partial charge in [-0.05, 0) is 31.0 Å². The highest BCUT2D eigenvalue weighted by molar-refractivity contribution is 5.94. The molecule has 6 nitrogen and oxygen atoms in total. The van der Waals surface area contributed by atoms with Gasteiger partial charge in [0.15, 0.2) is 5.96 Å². The number of benzene rings is 1. The Morgan fingerprint density at radius 3 is 2.82 bits per heavy atom. The number of rotatable bonds is 7. The zero-order chi connectivity index (χ0) is 16.4. The lowest BCUT2D eigenvalue weighted by molar-refractivity contribution is 0.0963. The van der Waals surface area contributed by atoms with Gasteiger partial charge in [-0.25, -0.2) is 0 Å². The summed E-state index contributed by atoms with van der Waals surface area (Å²) in [6, 6.07) is 7.81. The van der Waals surface area contributed by atoms with E-state index in [1.807, 2.05) is 31.2 Å². The van der Waals surface area contributed by atoms with Crippen molar-refractivity contribution in [3.63, 3.8) is 0 Å². The fourth-order valence-electron chi connectivity index (χ4n) is 2.06. The first-order valence-corrected chi connectivity index (χ1v) is 7.37. The first-order valence-electron chi connectivity index (χ1n) is 7.37. The summed E-state index contributed by atoms with van der Waals surface area (Å²) in [7, 11) is 5.04. The molecule has 0 heterocycles. The Kier molecular flexibility index (Phi) is 7.99. The maximum absolute atomic E-state index is 11.6. The Bertz CT molecular complexity index is 503. The van der Waals surface area contributed by atoms with E-state index < -0.39 is 0 Å². The third-order valence-electron chi connectivity index (χ3n) is 3.15. The van der Waals surface area contributed by atoms with Crippen molar-refractivity contribution in [1.82, 2.24) is 16.0 Å². The van der Waals surface area contributed by atoms with Gasteiger partial charge < -0.3 is 20.7 Å². The van der Waals surface area contributed by atoms with Crippen LogP contribution in [0.3, 0.4) is 0 Å². The zero-order valence-corrected chi connectivity index (χ0v) is 13.8. The molecule has 22 heavy (non-hydrogen) atoms. The second-order valence-electron chi connectivity index (χ2n) is 5.03. The van der Waals surface area contributed by atoms with E-state index in [-0.39, 0.29) is 11.9 Å². The van der Waals surface area contributed by atoms with Crippen molar-refractivity contribution in [2.24, 2.45) is 4.99 Å². The number of hydrogen-bond acceptors (Lipinski definition) is 3. The minimum Gasteiger partial charge on any atom is -0.383 e. The van der Waals surface area contributed by atoms with Crippen LogP contribution in [0.1, 0.15) is 22.8 Å². The monoisotopic (exact) mass is 306 g/mol. The third kappa shape index (κ3) is 6.13. The smallest absolute Gasteiger partial charge is 0.251 e. The molecule has 1 unspecified atom stereocenters. The van der Waals surface area contributed by atoms with E-state index in [1.165, 1.54) is 0 Å². The fraction of sp³-hybridized carbons (Fsp3) is 0.500. The predicted octanol–water partition coefficient (Wildman–Crippen LogP) is 0.789. The number of carbonyl (C=O) groups excluding carboxylic acids is 1. The molecule has 122 valence electrons. The van der Waals surface area contributed by atoms with Crippen molar-refractivity contribution >= 4 is 11.9 Å². The molecule has 0 saturated heterocycles. The van der Waals surface area contributed by atoms with Crippen LogP contribution in [0.2, 0.25) is 0 Å².